The number of hydrogen-bond donors (Lipinski definition) is 2. The number of benzene rings is 1. The van der Waals surface area contributed by atoms with Crippen LogP contribution >= 0.6 is 11.3 Å². The van der Waals surface area contributed by atoms with Crippen molar-refractivity contribution in [2.45, 2.75) is 12.7 Å². The van der Waals surface area contributed by atoms with Crippen molar-refractivity contribution in [3.63, 3.8) is 0 Å². The third-order valence-corrected chi connectivity index (χ3v) is 2.98. The molecular formula is C10H9F3N4S. The summed E-state index contributed by atoms with van der Waals surface area (Å²) >= 11 is 1.12. The highest BCUT2D eigenvalue weighted by Gasteiger charge is 2.33. The predicted molar refractivity (Wildman–Crippen MR) is 62.5 cm³/mol. The molecule has 0 saturated carbocycles. The summed E-state index contributed by atoms with van der Waals surface area (Å²) in [5.41, 5.74) is 4.56. The molecule has 0 amide bonds. The van der Waals surface area contributed by atoms with E-state index < -0.39 is 11.7 Å². The Morgan fingerprint density at radius 2 is 1.94 bits per heavy atom. The summed E-state index contributed by atoms with van der Waals surface area (Å²) in [6, 6.07) is 5.20. The van der Waals surface area contributed by atoms with E-state index >= 15 is 0 Å². The van der Waals surface area contributed by atoms with Crippen LogP contribution in [0.4, 0.5) is 24.0 Å². The molecule has 1 aromatic heterocycles. The summed E-state index contributed by atoms with van der Waals surface area (Å²) in [7, 11) is 0. The second kappa shape index (κ2) is 4.91. The van der Waals surface area contributed by atoms with Crippen molar-refractivity contribution in [3.05, 3.63) is 34.8 Å². The number of para-hydroxylation sites is 1. The van der Waals surface area contributed by atoms with Gasteiger partial charge in [0.1, 0.15) is 5.01 Å². The maximum absolute atomic E-state index is 12.7. The Morgan fingerprint density at radius 3 is 2.56 bits per heavy atom. The molecule has 0 aliphatic heterocycles. The van der Waals surface area contributed by atoms with Gasteiger partial charge in [-0.2, -0.15) is 13.2 Å². The largest absolute Gasteiger partial charge is 0.418 e. The summed E-state index contributed by atoms with van der Waals surface area (Å²) in [5, 5.41) is 10.9. The van der Waals surface area contributed by atoms with E-state index in [0.717, 1.165) is 17.4 Å². The zero-order chi connectivity index (χ0) is 13.2. The maximum Gasteiger partial charge on any atom is 0.418 e. The molecule has 2 rings (SSSR count). The van der Waals surface area contributed by atoms with Crippen LogP contribution in [0.1, 0.15) is 10.6 Å². The molecular weight excluding hydrogens is 265 g/mol. The van der Waals surface area contributed by atoms with Gasteiger partial charge in [-0.15, -0.1) is 10.2 Å². The van der Waals surface area contributed by atoms with E-state index in [-0.39, 0.29) is 17.4 Å². The Labute approximate surface area is 105 Å². The number of rotatable bonds is 3. The average molecular weight is 274 g/mol. The summed E-state index contributed by atoms with van der Waals surface area (Å²) in [4.78, 5) is 0. The van der Waals surface area contributed by atoms with Crippen molar-refractivity contribution in [3.8, 4) is 0 Å². The first-order valence-corrected chi connectivity index (χ1v) is 5.78. The van der Waals surface area contributed by atoms with Crippen molar-refractivity contribution in [1.29, 1.82) is 0 Å². The Morgan fingerprint density at radius 1 is 1.22 bits per heavy atom. The van der Waals surface area contributed by atoms with Gasteiger partial charge in [-0.1, -0.05) is 23.5 Å². The quantitative estimate of drug-likeness (QED) is 0.903. The smallest absolute Gasteiger partial charge is 0.330 e. The number of halogens is 3. The van der Waals surface area contributed by atoms with Crippen molar-refractivity contribution in [2.75, 3.05) is 5.32 Å². The lowest BCUT2D eigenvalue weighted by Gasteiger charge is -2.12. The van der Waals surface area contributed by atoms with Crippen LogP contribution in [0.3, 0.4) is 0 Å². The molecule has 1 heterocycles. The standard InChI is InChI=1S/C10H9F3N4S/c11-10(12,13)6-3-1-2-4-7(6)15-9-17-16-8(5-14)18-9/h1-4H,5,14H2,(H,15,17). The fourth-order valence-corrected chi connectivity index (χ4v) is 1.97. The normalized spacial score (nSPS) is 11.6. The Balaban J connectivity index is 2.29. The number of anilines is 2. The van der Waals surface area contributed by atoms with Gasteiger partial charge in [0, 0.05) is 6.54 Å². The van der Waals surface area contributed by atoms with Crippen LogP contribution in [-0.2, 0) is 12.7 Å². The highest BCUT2D eigenvalue weighted by atomic mass is 32.1. The van der Waals surface area contributed by atoms with Gasteiger partial charge in [0.05, 0.1) is 11.3 Å². The fourth-order valence-electron chi connectivity index (χ4n) is 1.34. The Kier molecular flexibility index (Phi) is 3.48. The number of alkyl halides is 3. The minimum Gasteiger partial charge on any atom is -0.330 e. The van der Waals surface area contributed by atoms with Crippen LogP contribution < -0.4 is 11.1 Å². The summed E-state index contributed by atoms with van der Waals surface area (Å²) in [5.74, 6) is 0. The molecule has 0 aliphatic carbocycles. The van der Waals surface area contributed by atoms with Gasteiger partial charge >= 0.3 is 6.18 Å². The van der Waals surface area contributed by atoms with Gasteiger partial charge in [0.2, 0.25) is 5.13 Å². The lowest BCUT2D eigenvalue weighted by Crippen LogP contribution is -2.08. The van der Waals surface area contributed by atoms with Crippen molar-refractivity contribution >= 4 is 22.2 Å². The lowest BCUT2D eigenvalue weighted by molar-refractivity contribution is -0.136. The van der Waals surface area contributed by atoms with Crippen LogP contribution in [0.25, 0.3) is 0 Å². The molecule has 0 saturated heterocycles. The van der Waals surface area contributed by atoms with Crippen LogP contribution in [-0.4, -0.2) is 10.2 Å². The minimum absolute atomic E-state index is 0.0512. The fraction of sp³-hybridized carbons (Fsp3) is 0.200. The van der Waals surface area contributed by atoms with Gasteiger partial charge in [0.25, 0.3) is 0 Å². The molecule has 0 aliphatic rings. The molecule has 0 bridgehead atoms. The lowest BCUT2D eigenvalue weighted by atomic mass is 10.2. The number of aromatic nitrogens is 2. The van der Waals surface area contributed by atoms with E-state index in [2.05, 4.69) is 15.5 Å². The third kappa shape index (κ3) is 2.77. The zero-order valence-corrected chi connectivity index (χ0v) is 9.85. The summed E-state index contributed by atoms with van der Waals surface area (Å²) in [6.07, 6.45) is -4.41. The van der Waals surface area contributed by atoms with E-state index in [1.54, 1.807) is 0 Å². The minimum atomic E-state index is -4.41. The zero-order valence-electron chi connectivity index (χ0n) is 9.03. The Hall–Kier alpha value is -1.67. The number of nitrogens with one attached hydrogen (secondary N) is 1. The van der Waals surface area contributed by atoms with Gasteiger partial charge in [-0.25, -0.2) is 0 Å². The van der Waals surface area contributed by atoms with Gasteiger partial charge < -0.3 is 11.1 Å². The topological polar surface area (TPSA) is 63.8 Å². The molecule has 3 N–H and O–H groups in total. The highest BCUT2D eigenvalue weighted by Crippen LogP contribution is 2.36. The van der Waals surface area contributed by atoms with E-state index in [1.165, 1.54) is 18.2 Å². The SMILES string of the molecule is NCc1nnc(Nc2ccccc2C(F)(F)F)s1. The Bertz CT molecular complexity index is 538. The molecule has 0 radical (unpaired) electrons. The van der Waals surface area contributed by atoms with Crippen LogP contribution in [0.15, 0.2) is 24.3 Å². The van der Waals surface area contributed by atoms with E-state index in [0.29, 0.717) is 5.01 Å². The molecule has 0 spiro atoms. The molecule has 4 nitrogen and oxygen atoms in total. The molecule has 0 atom stereocenters. The molecule has 96 valence electrons. The second-order valence-electron chi connectivity index (χ2n) is 3.37. The van der Waals surface area contributed by atoms with Crippen LogP contribution in [0.2, 0.25) is 0 Å². The number of nitrogens with zero attached hydrogens (tertiary/aromatic N) is 2. The average Bonchev–Trinajstić information content (AvgIpc) is 2.76. The first-order chi connectivity index (χ1) is 8.50. The van der Waals surface area contributed by atoms with Gasteiger partial charge in [-0.3, -0.25) is 0 Å². The molecule has 2 aromatic rings. The first-order valence-electron chi connectivity index (χ1n) is 4.96. The van der Waals surface area contributed by atoms with E-state index in [9.17, 15) is 13.2 Å². The molecule has 8 heteroatoms. The van der Waals surface area contributed by atoms with Crippen molar-refractivity contribution < 1.29 is 13.2 Å². The monoisotopic (exact) mass is 274 g/mol. The van der Waals surface area contributed by atoms with E-state index in [1.807, 2.05) is 0 Å². The maximum atomic E-state index is 12.7. The van der Waals surface area contributed by atoms with Crippen molar-refractivity contribution in [2.24, 2.45) is 5.73 Å². The number of hydrogen-bond acceptors (Lipinski definition) is 5. The van der Waals surface area contributed by atoms with Crippen LogP contribution in [0.5, 0.6) is 0 Å². The van der Waals surface area contributed by atoms with Crippen molar-refractivity contribution in [1.82, 2.24) is 10.2 Å². The highest BCUT2D eigenvalue weighted by molar-refractivity contribution is 7.15. The summed E-state index contributed by atoms with van der Waals surface area (Å²) in [6.45, 7) is 0.209. The van der Waals surface area contributed by atoms with Gasteiger partial charge in [-0.05, 0) is 12.1 Å². The second-order valence-corrected chi connectivity index (χ2v) is 4.44. The van der Waals surface area contributed by atoms with Gasteiger partial charge in [0.15, 0.2) is 0 Å². The summed E-state index contributed by atoms with van der Waals surface area (Å²) < 4.78 is 38.2. The third-order valence-electron chi connectivity index (χ3n) is 2.12. The molecule has 0 unspecified atom stereocenters. The molecule has 0 fully saturated rings. The van der Waals surface area contributed by atoms with Crippen LogP contribution in [0, 0.1) is 0 Å². The molecule has 1 aromatic carbocycles. The predicted octanol–water partition coefficient (Wildman–Crippen LogP) is 2.76. The molecule has 18 heavy (non-hydrogen) atoms. The number of nitrogens with two attached hydrogens (primary N) is 1. The first kappa shape index (κ1) is 12.8. The van der Waals surface area contributed by atoms with E-state index in [4.69, 9.17) is 5.73 Å².